The Morgan fingerprint density at radius 1 is 0.917 bits per heavy atom. The summed E-state index contributed by atoms with van der Waals surface area (Å²) in [6.45, 7) is 24.2. The van der Waals surface area contributed by atoms with Crippen LogP contribution in [0, 0.1) is 56.2 Å². The van der Waals surface area contributed by atoms with Gasteiger partial charge in [-0.2, -0.15) is 0 Å². The Labute approximate surface area is 366 Å². The van der Waals surface area contributed by atoms with E-state index < -0.39 is 35.0 Å². The number of aliphatic carboxylic acids is 1. The maximum atomic E-state index is 13.2. The summed E-state index contributed by atoms with van der Waals surface area (Å²) in [4.78, 5) is 42.9. The van der Waals surface area contributed by atoms with Crippen molar-refractivity contribution in [2.24, 2.45) is 56.2 Å². The van der Waals surface area contributed by atoms with Crippen LogP contribution in [0.3, 0.4) is 0 Å². The Morgan fingerprint density at radius 3 is 2.22 bits per heavy atom. The number of nitrogens with zero attached hydrogens (tertiary/aromatic N) is 2. The summed E-state index contributed by atoms with van der Waals surface area (Å²) in [6, 6.07) is 8.00. The Balaban J connectivity index is 1.34. The van der Waals surface area contributed by atoms with Crippen molar-refractivity contribution in [3.63, 3.8) is 0 Å². The highest BCUT2D eigenvalue weighted by molar-refractivity contribution is 6.31. The molecular formula is C50H77ClN2O7. The van der Waals surface area contributed by atoms with Gasteiger partial charge in [0.1, 0.15) is 12.2 Å². The number of halogens is 1. The molecule has 4 fully saturated rings. The molecule has 0 aromatic heterocycles. The summed E-state index contributed by atoms with van der Waals surface area (Å²) in [5.74, 6) is -0.472. The molecule has 0 spiro atoms. The van der Waals surface area contributed by atoms with E-state index in [-0.39, 0.29) is 52.0 Å². The van der Waals surface area contributed by atoms with E-state index >= 15 is 0 Å². The minimum Gasteiger partial charge on any atom is -0.481 e. The first-order valence-electron chi connectivity index (χ1n) is 23.0. The number of aliphatic hydroxyl groups is 1. The van der Waals surface area contributed by atoms with Crippen molar-refractivity contribution >= 4 is 29.5 Å². The molecule has 0 radical (unpaired) electrons. The smallest absolute Gasteiger partial charge is 0.309 e. The molecule has 10 heteroatoms. The van der Waals surface area contributed by atoms with Crippen LogP contribution in [0.2, 0.25) is 5.02 Å². The largest absolute Gasteiger partial charge is 0.481 e. The summed E-state index contributed by atoms with van der Waals surface area (Å²) < 4.78 is 12.8. The summed E-state index contributed by atoms with van der Waals surface area (Å²) in [7, 11) is 4.16. The number of carbonyl (C=O) groups excluding carboxylic acids is 2. The first-order chi connectivity index (χ1) is 27.8. The van der Waals surface area contributed by atoms with Crippen LogP contribution in [0.25, 0.3) is 0 Å². The van der Waals surface area contributed by atoms with Gasteiger partial charge in [-0.1, -0.05) is 83.8 Å². The Bertz CT molecular complexity index is 1820. The third-order valence-electron chi connectivity index (χ3n) is 17.6. The first kappa shape index (κ1) is 47.0. The van der Waals surface area contributed by atoms with Gasteiger partial charge in [-0.3, -0.25) is 19.3 Å². The van der Waals surface area contributed by atoms with Gasteiger partial charge in [0.15, 0.2) is 0 Å². The fourth-order valence-corrected chi connectivity index (χ4v) is 14.5. The van der Waals surface area contributed by atoms with E-state index in [1.807, 2.05) is 18.2 Å². The van der Waals surface area contributed by atoms with Gasteiger partial charge >= 0.3 is 17.9 Å². The lowest BCUT2D eigenvalue weighted by molar-refractivity contribution is -0.236. The third kappa shape index (κ3) is 8.13. The van der Waals surface area contributed by atoms with Crippen molar-refractivity contribution in [3.05, 3.63) is 46.0 Å². The predicted octanol–water partition coefficient (Wildman–Crippen LogP) is 9.82. The molecule has 1 aromatic rings. The minimum absolute atomic E-state index is 0.0276. The molecule has 0 saturated heterocycles. The SMILES string of the molecule is CC(=O)O[C@@H](CN(CCN(C)C)Cc1ccccc1Cl)[C@@]12CC[C@]3(C)[C@H](CC[C@@H]4[C@@]5(C)CC[C@H](OC(=O)CC(C)(C)C(=O)O)C(C)(C)[C@@H]5CC[C@]43C)C1=C(C(C)C)C(O)C2. The van der Waals surface area contributed by atoms with Gasteiger partial charge in [0.2, 0.25) is 0 Å². The van der Waals surface area contributed by atoms with Crippen LogP contribution >= 0.6 is 11.6 Å². The van der Waals surface area contributed by atoms with Gasteiger partial charge < -0.3 is 24.6 Å². The Hall–Kier alpha value is -2.46. The minimum atomic E-state index is -1.18. The van der Waals surface area contributed by atoms with Crippen molar-refractivity contribution in [2.45, 2.75) is 158 Å². The lowest BCUT2D eigenvalue weighted by Crippen LogP contribution is -2.66. The molecule has 0 aliphatic heterocycles. The highest BCUT2D eigenvalue weighted by atomic mass is 35.5. The molecule has 5 aliphatic carbocycles. The van der Waals surface area contributed by atoms with Crippen LogP contribution in [0.1, 0.15) is 139 Å². The number of ether oxygens (including phenoxy) is 2. The number of hydrogen-bond acceptors (Lipinski definition) is 8. The summed E-state index contributed by atoms with van der Waals surface area (Å²) in [6.07, 6.45) is 6.97. The van der Waals surface area contributed by atoms with E-state index in [9.17, 15) is 24.6 Å². The van der Waals surface area contributed by atoms with Crippen molar-refractivity contribution in [3.8, 4) is 0 Å². The molecule has 10 atom stereocenters. The fraction of sp³-hybridized carbons (Fsp3) is 0.780. The number of likely N-dealkylation sites (N-methyl/N-ethyl adjacent to an activating group) is 1. The van der Waals surface area contributed by atoms with Crippen molar-refractivity contribution in [1.82, 2.24) is 9.80 Å². The molecule has 5 aliphatic rings. The summed E-state index contributed by atoms with van der Waals surface area (Å²) in [5, 5.41) is 22.6. The normalized spacial score (nSPS) is 35.4. The van der Waals surface area contributed by atoms with Gasteiger partial charge in [-0.25, -0.2) is 0 Å². The third-order valence-corrected chi connectivity index (χ3v) is 18.0. The van der Waals surface area contributed by atoms with E-state index in [2.05, 4.69) is 78.4 Å². The fourth-order valence-electron chi connectivity index (χ4n) is 14.3. The summed E-state index contributed by atoms with van der Waals surface area (Å²) >= 11 is 6.75. The average Bonchev–Trinajstić information content (AvgIpc) is 3.45. The Kier molecular flexibility index (Phi) is 13.3. The molecule has 0 amide bonds. The van der Waals surface area contributed by atoms with E-state index in [0.717, 1.165) is 75.0 Å². The predicted molar refractivity (Wildman–Crippen MR) is 237 cm³/mol. The maximum Gasteiger partial charge on any atom is 0.309 e. The first-order valence-corrected chi connectivity index (χ1v) is 23.3. The van der Waals surface area contributed by atoms with Crippen molar-refractivity contribution in [1.29, 1.82) is 0 Å². The van der Waals surface area contributed by atoms with E-state index in [0.29, 0.717) is 31.3 Å². The van der Waals surface area contributed by atoms with Gasteiger partial charge in [-0.05, 0) is 143 Å². The number of benzene rings is 1. The van der Waals surface area contributed by atoms with E-state index in [1.54, 1.807) is 13.8 Å². The van der Waals surface area contributed by atoms with Gasteiger partial charge in [0.05, 0.1) is 17.9 Å². The Morgan fingerprint density at radius 2 is 1.60 bits per heavy atom. The standard InChI is InChI=1S/C50H77ClN2O7/c1-31(2)42-36(55)27-50(40(59-32(3)54)30-53(26-25-52(11)12)29-33-15-13-14-16-35(33)51)24-23-48(9)34(43(42)50)17-18-38-47(8)21-20-39(60-41(56)28-45(4,5)44(57)58)46(6,7)37(47)19-22-49(38,48)10/h13-16,31,34,36-40,55H,17-30H2,1-12H3,(H,57,58)/t34-,36?,37+,38-,39+,40+,47+,48-,49-,50+/m1/s1. The zero-order valence-corrected chi connectivity index (χ0v) is 39.7. The second-order valence-corrected chi connectivity index (χ2v) is 22.9. The number of rotatable bonds is 14. The lowest BCUT2D eigenvalue weighted by Gasteiger charge is -2.72. The van der Waals surface area contributed by atoms with Crippen molar-refractivity contribution < 1.29 is 34.1 Å². The van der Waals surface area contributed by atoms with Crippen LogP contribution in [0.4, 0.5) is 0 Å². The molecule has 4 saturated carbocycles. The van der Waals surface area contributed by atoms with Gasteiger partial charge in [-0.15, -0.1) is 0 Å². The van der Waals surface area contributed by atoms with Crippen LogP contribution in [-0.2, 0) is 30.4 Å². The number of fused-ring (bicyclic) bond motifs is 7. The molecule has 1 aromatic carbocycles. The number of esters is 2. The topological polar surface area (TPSA) is 117 Å². The molecule has 6 rings (SSSR count). The van der Waals surface area contributed by atoms with Crippen LogP contribution in [0.15, 0.2) is 35.4 Å². The second kappa shape index (κ2) is 16.9. The van der Waals surface area contributed by atoms with Crippen LogP contribution < -0.4 is 0 Å². The number of carboxylic acids is 1. The number of carboxylic acid groups (broad SMARTS) is 1. The molecule has 2 N–H and O–H groups in total. The molecular weight excluding hydrogens is 776 g/mol. The highest BCUT2D eigenvalue weighted by Crippen LogP contribution is 2.77. The number of carbonyl (C=O) groups is 3. The lowest BCUT2D eigenvalue weighted by atomic mass is 9.33. The molecule has 60 heavy (non-hydrogen) atoms. The molecule has 336 valence electrons. The van der Waals surface area contributed by atoms with E-state index in [4.69, 9.17) is 21.1 Å². The van der Waals surface area contributed by atoms with Gasteiger partial charge in [0, 0.05) is 49.0 Å². The maximum absolute atomic E-state index is 13.2. The number of hydrogen-bond donors (Lipinski definition) is 2. The quantitative estimate of drug-likeness (QED) is 0.139. The van der Waals surface area contributed by atoms with Crippen molar-refractivity contribution in [2.75, 3.05) is 33.7 Å². The van der Waals surface area contributed by atoms with Crippen LogP contribution in [-0.4, -0.2) is 90.0 Å². The van der Waals surface area contributed by atoms with Crippen LogP contribution in [0.5, 0.6) is 0 Å². The second-order valence-electron chi connectivity index (χ2n) is 22.4. The molecule has 0 bridgehead atoms. The highest BCUT2D eigenvalue weighted by Gasteiger charge is 2.71. The average molecular weight is 854 g/mol. The molecule has 0 heterocycles. The van der Waals surface area contributed by atoms with E-state index in [1.165, 1.54) is 18.1 Å². The zero-order valence-electron chi connectivity index (χ0n) is 39.0. The number of aliphatic hydroxyl groups excluding tert-OH is 1. The zero-order chi connectivity index (χ0) is 44.4. The molecule has 9 nitrogen and oxygen atoms in total. The van der Waals surface area contributed by atoms with Gasteiger partial charge in [0.25, 0.3) is 0 Å². The monoisotopic (exact) mass is 853 g/mol. The molecule has 1 unspecified atom stereocenters. The summed E-state index contributed by atoms with van der Waals surface area (Å²) in [5.41, 5.74) is 1.72.